The van der Waals surface area contributed by atoms with Crippen LogP contribution in [0.15, 0.2) is 11.8 Å². The van der Waals surface area contributed by atoms with E-state index in [0.717, 1.165) is 6.26 Å². The lowest BCUT2D eigenvalue weighted by atomic mass is 10.2. The molecule has 1 aliphatic heterocycles. The maximum Gasteiger partial charge on any atom is 0.384 e. The molecule has 0 N–H and O–H groups in total. The first-order valence-corrected chi connectivity index (χ1v) is 2.14. The Bertz CT molecular complexity index is 178. The van der Waals surface area contributed by atoms with Crippen molar-refractivity contribution < 1.29 is 14.3 Å². The van der Waals surface area contributed by atoms with E-state index >= 15 is 0 Å². The summed E-state index contributed by atoms with van der Waals surface area (Å²) >= 11 is 0. The lowest BCUT2D eigenvalue weighted by Gasteiger charge is -1.79. The summed E-state index contributed by atoms with van der Waals surface area (Å²) in [5.74, 6) is -1.31. The van der Waals surface area contributed by atoms with E-state index in [4.69, 9.17) is 0 Å². The maximum absolute atomic E-state index is 10.4. The Morgan fingerprint density at radius 2 is 2.12 bits per heavy atom. The molecule has 42 valence electrons. The molecule has 3 heteroatoms. The Morgan fingerprint density at radius 1 is 1.50 bits per heavy atom. The summed E-state index contributed by atoms with van der Waals surface area (Å²) in [4.78, 5) is 20.5. The van der Waals surface area contributed by atoms with Gasteiger partial charge in [0.25, 0.3) is 5.78 Å². The van der Waals surface area contributed by atoms with Crippen LogP contribution in [-0.4, -0.2) is 11.8 Å². The van der Waals surface area contributed by atoms with Gasteiger partial charge in [-0.05, 0) is 6.92 Å². The summed E-state index contributed by atoms with van der Waals surface area (Å²) in [6.07, 6.45) is 1.16. The molecule has 0 aliphatic carbocycles. The third kappa shape index (κ3) is 0.521. The molecule has 0 bridgehead atoms. The molecule has 0 radical (unpaired) electrons. The van der Waals surface area contributed by atoms with Gasteiger partial charge in [0.15, 0.2) is 0 Å². The van der Waals surface area contributed by atoms with Gasteiger partial charge in [0.2, 0.25) is 0 Å². The van der Waals surface area contributed by atoms with Crippen LogP contribution in [0.3, 0.4) is 0 Å². The van der Waals surface area contributed by atoms with Gasteiger partial charge in [-0.1, -0.05) is 0 Å². The molecule has 0 aromatic carbocycles. The molecule has 3 nitrogen and oxygen atoms in total. The number of cyclic esters (lactones) is 1. The fraction of sp³-hybridized carbons (Fsp3) is 0.200. The van der Waals surface area contributed by atoms with Crippen LogP contribution < -0.4 is 0 Å². The monoisotopic (exact) mass is 112 g/mol. The third-order valence-electron chi connectivity index (χ3n) is 0.886. The number of hydrogen-bond acceptors (Lipinski definition) is 3. The number of ketones is 1. The first-order valence-electron chi connectivity index (χ1n) is 2.14. The van der Waals surface area contributed by atoms with Crippen LogP contribution in [0.5, 0.6) is 0 Å². The SMILES string of the molecule is CC1=COC(=O)C1=O. The lowest BCUT2D eigenvalue weighted by Crippen LogP contribution is -2.07. The van der Waals surface area contributed by atoms with E-state index in [-0.39, 0.29) is 0 Å². The number of carbonyl (C=O) groups excluding carboxylic acids is 2. The van der Waals surface area contributed by atoms with Crippen molar-refractivity contribution in [3.8, 4) is 0 Å². The van der Waals surface area contributed by atoms with Crippen LogP contribution in [-0.2, 0) is 14.3 Å². The Morgan fingerprint density at radius 3 is 2.25 bits per heavy atom. The van der Waals surface area contributed by atoms with Crippen molar-refractivity contribution >= 4 is 11.8 Å². The molecular weight excluding hydrogens is 108 g/mol. The smallest absolute Gasteiger partial charge is 0.384 e. The number of rotatable bonds is 0. The van der Waals surface area contributed by atoms with Crippen LogP contribution >= 0.6 is 0 Å². The molecule has 0 saturated heterocycles. The Hall–Kier alpha value is -1.12. The van der Waals surface area contributed by atoms with E-state index < -0.39 is 11.8 Å². The molecule has 0 fully saturated rings. The molecule has 0 spiro atoms. The maximum atomic E-state index is 10.4. The van der Waals surface area contributed by atoms with Crippen molar-refractivity contribution in [3.63, 3.8) is 0 Å². The largest absolute Gasteiger partial charge is 0.428 e. The zero-order chi connectivity index (χ0) is 6.15. The number of ether oxygens (including phenoxy) is 1. The van der Waals surface area contributed by atoms with E-state index in [1.807, 2.05) is 0 Å². The average Bonchev–Trinajstić information content (AvgIpc) is 1.98. The van der Waals surface area contributed by atoms with E-state index in [2.05, 4.69) is 4.74 Å². The summed E-state index contributed by atoms with van der Waals surface area (Å²) in [6, 6.07) is 0. The van der Waals surface area contributed by atoms with Gasteiger partial charge in [0.05, 0.1) is 0 Å². The highest BCUT2D eigenvalue weighted by Crippen LogP contribution is 2.04. The molecule has 0 saturated carbocycles. The van der Waals surface area contributed by atoms with Crippen molar-refractivity contribution in [2.45, 2.75) is 6.92 Å². The van der Waals surface area contributed by atoms with Gasteiger partial charge in [-0.15, -0.1) is 0 Å². The van der Waals surface area contributed by atoms with Gasteiger partial charge in [-0.25, -0.2) is 4.79 Å². The molecule has 1 rings (SSSR count). The Kier molecular flexibility index (Phi) is 0.901. The van der Waals surface area contributed by atoms with E-state index in [1.165, 1.54) is 6.92 Å². The van der Waals surface area contributed by atoms with Crippen LogP contribution in [0.2, 0.25) is 0 Å². The molecule has 0 atom stereocenters. The Labute approximate surface area is 45.9 Å². The lowest BCUT2D eigenvalue weighted by molar-refractivity contribution is -0.145. The van der Waals surface area contributed by atoms with Crippen LogP contribution in [0.4, 0.5) is 0 Å². The van der Waals surface area contributed by atoms with E-state index in [9.17, 15) is 9.59 Å². The summed E-state index contributed by atoms with van der Waals surface area (Å²) in [7, 11) is 0. The summed E-state index contributed by atoms with van der Waals surface area (Å²) in [6.45, 7) is 1.53. The first-order chi connectivity index (χ1) is 3.72. The second kappa shape index (κ2) is 1.43. The number of carbonyl (C=O) groups is 2. The van der Waals surface area contributed by atoms with Crippen LogP contribution in [0.1, 0.15) is 6.92 Å². The standard InChI is InChI=1S/C5H4O3/c1-3-2-8-5(7)4(3)6/h2H,1H3. The first kappa shape index (κ1) is 5.03. The molecule has 1 heterocycles. The zero-order valence-corrected chi connectivity index (χ0v) is 4.30. The van der Waals surface area contributed by atoms with Gasteiger partial charge in [-0.3, -0.25) is 4.79 Å². The highest BCUT2D eigenvalue weighted by atomic mass is 16.5. The van der Waals surface area contributed by atoms with Crippen molar-refractivity contribution in [1.82, 2.24) is 0 Å². The van der Waals surface area contributed by atoms with Crippen molar-refractivity contribution in [3.05, 3.63) is 11.8 Å². The second-order valence-electron chi connectivity index (χ2n) is 1.54. The molecule has 0 aromatic heterocycles. The van der Waals surface area contributed by atoms with Gasteiger partial charge in [-0.2, -0.15) is 0 Å². The van der Waals surface area contributed by atoms with Crippen molar-refractivity contribution in [2.24, 2.45) is 0 Å². The second-order valence-corrected chi connectivity index (χ2v) is 1.54. The minimum absolute atomic E-state index is 0.370. The molecule has 0 aromatic rings. The van der Waals surface area contributed by atoms with Crippen LogP contribution in [0.25, 0.3) is 0 Å². The fourth-order valence-corrected chi connectivity index (χ4v) is 0.410. The molecule has 0 unspecified atom stereocenters. The molecule has 1 aliphatic rings. The van der Waals surface area contributed by atoms with Gasteiger partial charge < -0.3 is 4.74 Å². The predicted octanol–water partition coefficient (Wildman–Crippen LogP) is 0.0161. The summed E-state index contributed by atoms with van der Waals surface area (Å²) in [5, 5.41) is 0. The summed E-state index contributed by atoms with van der Waals surface area (Å²) < 4.78 is 4.23. The minimum atomic E-state index is -0.775. The number of esters is 1. The zero-order valence-electron chi connectivity index (χ0n) is 4.30. The Balaban J connectivity index is 2.89. The normalized spacial score (nSPS) is 18.4. The quantitative estimate of drug-likeness (QED) is 0.327. The number of hydrogen-bond donors (Lipinski definition) is 0. The molecule has 8 heavy (non-hydrogen) atoms. The minimum Gasteiger partial charge on any atom is -0.428 e. The van der Waals surface area contributed by atoms with Crippen molar-refractivity contribution in [1.29, 1.82) is 0 Å². The van der Waals surface area contributed by atoms with Crippen molar-refractivity contribution in [2.75, 3.05) is 0 Å². The highest BCUT2D eigenvalue weighted by molar-refractivity contribution is 6.42. The topological polar surface area (TPSA) is 43.4 Å². The third-order valence-corrected chi connectivity index (χ3v) is 0.886. The van der Waals surface area contributed by atoms with Crippen LogP contribution in [0, 0.1) is 0 Å². The van der Waals surface area contributed by atoms with E-state index in [1.54, 1.807) is 0 Å². The highest BCUT2D eigenvalue weighted by Gasteiger charge is 2.22. The predicted molar refractivity (Wildman–Crippen MR) is 24.9 cm³/mol. The van der Waals surface area contributed by atoms with E-state index in [0.29, 0.717) is 5.57 Å². The van der Waals surface area contributed by atoms with Gasteiger partial charge in [0, 0.05) is 5.57 Å². The average molecular weight is 112 g/mol. The number of Topliss-reactive ketones (excluding diaryl/α,β-unsaturated/α-hetero) is 1. The van der Waals surface area contributed by atoms with Gasteiger partial charge in [0.1, 0.15) is 6.26 Å². The fourth-order valence-electron chi connectivity index (χ4n) is 0.410. The van der Waals surface area contributed by atoms with Gasteiger partial charge >= 0.3 is 5.97 Å². The summed E-state index contributed by atoms with van der Waals surface area (Å²) in [5.41, 5.74) is 0.370. The molecule has 0 amide bonds. The molecular formula is C5H4O3.